The molecular weight excluding hydrogens is 323 g/mol. The second-order valence-electron chi connectivity index (χ2n) is 4.27. The van der Waals surface area contributed by atoms with Gasteiger partial charge in [0.2, 0.25) is 0 Å². The van der Waals surface area contributed by atoms with Crippen molar-refractivity contribution in [1.29, 1.82) is 0 Å². The van der Waals surface area contributed by atoms with Crippen LogP contribution in [0.1, 0.15) is 24.1 Å². The molecule has 0 radical (unpaired) electrons. The van der Waals surface area contributed by atoms with E-state index in [1.807, 2.05) is 31.2 Å². The van der Waals surface area contributed by atoms with Gasteiger partial charge in [-0.3, -0.25) is 5.84 Å². The number of hydrazine groups is 1. The van der Waals surface area contributed by atoms with Crippen molar-refractivity contribution in [1.82, 2.24) is 5.43 Å². The van der Waals surface area contributed by atoms with Gasteiger partial charge in [0.05, 0.1) is 12.6 Å². The zero-order chi connectivity index (χ0) is 14.5. The van der Waals surface area contributed by atoms with Gasteiger partial charge in [-0.1, -0.05) is 34.1 Å². The molecule has 106 valence electrons. The summed E-state index contributed by atoms with van der Waals surface area (Å²) in [5, 5.41) is 0. The van der Waals surface area contributed by atoms with Crippen LogP contribution >= 0.6 is 15.9 Å². The molecule has 20 heavy (non-hydrogen) atoms. The molecule has 0 fully saturated rings. The van der Waals surface area contributed by atoms with Crippen LogP contribution in [0.5, 0.6) is 5.75 Å². The van der Waals surface area contributed by atoms with Crippen molar-refractivity contribution in [2.75, 3.05) is 6.61 Å². The second-order valence-corrected chi connectivity index (χ2v) is 5.18. The van der Waals surface area contributed by atoms with Crippen LogP contribution in [0, 0.1) is 5.82 Å². The Labute approximate surface area is 126 Å². The van der Waals surface area contributed by atoms with E-state index in [9.17, 15) is 4.39 Å². The van der Waals surface area contributed by atoms with Crippen molar-refractivity contribution >= 4 is 15.9 Å². The minimum Gasteiger partial charge on any atom is -0.494 e. The zero-order valence-corrected chi connectivity index (χ0v) is 12.7. The maximum absolute atomic E-state index is 14.0. The van der Waals surface area contributed by atoms with E-state index in [4.69, 9.17) is 10.6 Å². The Balaban J connectivity index is 2.31. The number of halogens is 2. The highest BCUT2D eigenvalue weighted by Gasteiger charge is 2.16. The fourth-order valence-electron chi connectivity index (χ4n) is 2.02. The largest absolute Gasteiger partial charge is 0.494 e. The van der Waals surface area contributed by atoms with Crippen molar-refractivity contribution < 1.29 is 9.13 Å². The normalized spacial score (nSPS) is 12.2. The van der Waals surface area contributed by atoms with Crippen molar-refractivity contribution in [3.63, 3.8) is 0 Å². The average Bonchev–Trinajstić information content (AvgIpc) is 2.44. The minimum atomic E-state index is -0.404. The number of nitrogens with one attached hydrogen (secondary N) is 1. The van der Waals surface area contributed by atoms with Crippen LogP contribution in [-0.2, 0) is 0 Å². The summed E-state index contributed by atoms with van der Waals surface area (Å²) in [5.41, 5.74) is 4.02. The fraction of sp³-hybridized carbons (Fsp3) is 0.200. The topological polar surface area (TPSA) is 47.3 Å². The monoisotopic (exact) mass is 338 g/mol. The average molecular weight is 339 g/mol. The van der Waals surface area contributed by atoms with Crippen LogP contribution in [-0.4, -0.2) is 6.61 Å². The van der Waals surface area contributed by atoms with Gasteiger partial charge in [0.15, 0.2) is 0 Å². The molecule has 0 spiro atoms. The molecule has 0 bridgehead atoms. The molecule has 0 saturated heterocycles. The lowest BCUT2D eigenvalue weighted by Gasteiger charge is -2.18. The van der Waals surface area contributed by atoms with Crippen LogP contribution in [0.25, 0.3) is 0 Å². The van der Waals surface area contributed by atoms with E-state index in [2.05, 4.69) is 21.4 Å². The van der Waals surface area contributed by atoms with Crippen molar-refractivity contribution in [3.05, 3.63) is 63.9 Å². The van der Waals surface area contributed by atoms with E-state index in [0.29, 0.717) is 16.6 Å². The van der Waals surface area contributed by atoms with Gasteiger partial charge in [-0.25, -0.2) is 9.82 Å². The summed E-state index contributed by atoms with van der Waals surface area (Å²) in [5.74, 6) is 6.05. The first-order valence-electron chi connectivity index (χ1n) is 6.29. The van der Waals surface area contributed by atoms with Crippen LogP contribution < -0.4 is 16.0 Å². The van der Waals surface area contributed by atoms with Crippen molar-refractivity contribution in [3.8, 4) is 5.75 Å². The molecule has 2 aromatic rings. The lowest BCUT2D eigenvalue weighted by Crippen LogP contribution is -2.29. The van der Waals surface area contributed by atoms with E-state index in [-0.39, 0.29) is 5.82 Å². The van der Waals surface area contributed by atoms with Gasteiger partial charge in [0.25, 0.3) is 0 Å². The van der Waals surface area contributed by atoms with E-state index >= 15 is 0 Å². The van der Waals surface area contributed by atoms with E-state index in [1.165, 1.54) is 6.07 Å². The first kappa shape index (κ1) is 15.0. The predicted molar refractivity (Wildman–Crippen MR) is 80.9 cm³/mol. The van der Waals surface area contributed by atoms with Gasteiger partial charge in [-0.15, -0.1) is 0 Å². The first-order valence-corrected chi connectivity index (χ1v) is 7.08. The summed E-state index contributed by atoms with van der Waals surface area (Å²) in [6.45, 7) is 2.54. The van der Waals surface area contributed by atoms with E-state index in [1.54, 1.807) is 12.1 Å². The third kappa shape index (κ3) is 3.36. The summed E-state index contributed by atoms with van der Waals surface area (Å²) in [4.78, 5) is 0. The molecular formula is C15H16BrFN2O. The molecule has 2 aromatic carbocycles. The number of ether oxygens (including phenoxy) is 1. The maximum Gasteiger partial charge on any atom is 0.129 e. The van der Waals surface area contributed by atoms with Gasteiger partial charge < -0.3 is 4.74 Å². The summed E-state index contributed by atoms with van der Waals surface area (Å²) >= 11 is 3.24. The van der Waals surface area contributed by atoms with Gasteiger partial charge in [0, 0.05) is 10.0 Å². The van der Waals surface area contributed by atoms with Crippen LogP contribution in [0.4, 0.5) is 4.39 Å². The minimum absolute atomic E-state index is 0.309. The van der Waals surface area contributed by atoms with Crippen LogP contribution in [0.3, 0.4) is 0 Å². The molecule has 0 amide bonds. The Morgan fingerprint density at radius 2 is 1.95 bits per heavy atom. The van der Waals surface area contributed by atoms with Crippen LogP contribution in [0.15, 0.2) is 46.9 Å². The van der Waals surface area contributed by atoms with Gasteiger partial charge in [-0.2, -0.15) is 0 Å². The molecule has 0 aromatic heterocycles. The number of benzene rings is 2. The van der Waals surface area contributed by atoms with Crippen molar-refractivity contribution in [2.45, 2.75) is 13.0 Å². The molecule has 0 heterocycles. The van der Waals surface area contributed by atoms with Gasteiger partial charge in [-0.05, 0) is 36.8 Å². The molecule has 0 aliphatic carbocycles. The predicted octanol–water partition coefficient (Wildman–Crippen LogP) is 3.54. The molecule has 1 unspecified atom stereocenters. The third-order valence-corrected chi connectivity index (χ3v) is 3.46. The second kappa shape index (κ2) is 6.83. The number of rotatable bonds is 5. The SMILES string of the molecule is CCOc1ccc(C(NN)c2ccc(Br)cc2F)cc1. The number of hydrogen-bond donors (Lipinski definition) is 2. The quantitative estimate of drug-likeness (QED) is 0.647. The van der Waals surface area contributed by atoms with Crippen LogP contribution in [0.2, 0.25) is 0 Å². The number of nitrogens with two attached hydrogens (primary N) is 1. The molecule has 0 aliphatic rings. The smallest absolute Gasteiger partial charge is 0.129 e. The highest BCUT2D eigenvalue weighted by atomic mass is 79.9. The van der Waals surface area contributed by atoms with Gasteiger partial charge in [0.1, 0.15) is 11.6 Å². The Morgan fingerprint density at radius 3 is 2.50 bits per heavy atom. The molecule has 1 atom stereocenters. The van der Waals surface area contributed by atoms with Crippen molar-refractivity contribution in [2.24, 2.45) is 5.84 Å². The number of hydrogen-bond acceptors (Lipinski definition) is 3. The molecule has 0 saturated carbocycles. The Kier molecular flexibility index (Phi) is 5.11. The summed E-state index contributed by atoms with van der Waals surface area (Å²) in [7, 11) is 0. The standard InChI is InChI=1S/C15H16BrFN2O/c1-2-20-12-6-3-10(4-7-12)15(19-18)13-8-5-11(16)9-14(13)17/h3-9,15,19H,2,18H2,1H3. The Bertz CT molecular complexity index is 575. The Hall–Kier alpha value is -1.43. The first-order chi connectivity index (χ1) is 9.65. The van der Waals surface area contributed by atoms with E-state index < -0.39 is 6.04 Å². The van der Waals surface area contributed by atoms with Gasteiger partial charge >= 0.3 is 0 Å². The molecule has 3 nitrogen and oxygen atoms in total. The summed E-state index contributed by atoms with van der Waals surface area (Å²) in [6, 6.07) is 12.0. The lowest BCUT2D eigenvalue weighted by atomic mass is 9.99. The molecule has 5 heteroatoms. The summed E-state index contributed by atoms with van der Waals surface area (Å²) < 4.78 is 20.1. The third-order valence-electron chi connectivity index (χ3n) is 2.96. The fourth-order valence-corrected chi connectivity index (χ4v) is 2.36. The highest BCUT2D eigenvalue weighted by Crippen LogP contribution is 2.27. The van der Waals surface area contributed by atoms with E-state index in [0.717, 1.165) is 11.3 Å². The lowest BCUT2D eigenvalue weighted by molar-refractivity contribution is 0.340. The molecule has 2 rings (SSSR count). The highest BCUT2D eigenvalue weighted by molar-refractivity contribution is 9.10. The zero-order valence-electron chi connectivity index (χ0n) is 11.1. The summed E-state index contributed by atoms with van der Waals surface area (Å²) in [6.07, 6.45) is 0. The Morgan fingerprint density at radius 1 is 1.25 bits per heavy atom. The maximum atomic E-state index is 14.0. The molecule has 3 N–H and O–H groups in total. The molecule has 0 aliphatic heterocycles.